The highest BCUT2D eigenvalue weighted by Gasteiger charge is 2.16. The van der Waals surface area contributed by atoms with E-state index < -0.39 is 0 Å². The minimum atomic E-state index is 0.236. The summed E-state index contributed by atoms with van der Waals surface area (Å²) in [6.45, 7) is 7.48. The largest absolute Gasteiger partial charge is 0.493 e. The lowest BCUT2D eigenvalue weighted by Crippen LogP contribution is -2.22. The van der Waals surface area contributed by atoms with Crippen molar-refractivity contribution in [2.75, 3.05) is 31.8 Å². The van der Waals surface area contributed by atoms with Gasteiger partial charge in [0, 0.05) is 18.7 Å². The van der Waals surface area contributed by atoms with Crippen LogP contribution in [0.25, 0.3) is 0 Å². The molecule has 0 bridgehead atoms. The van der Waals surface area contributed by atoms with Crippen LogP contribution in [0.2, 0.25) is 0 Å². The summed E-state index contributed by atoms with van der Waals surface area (Å²) in [5.74, 6) is 1.33. The first-order chi connectivity index (χ1) is 8.43. The van der Waals surface area contributed by atoms with Gasteiger partial charge in [0.2, 0.25) is 0 Å². The molecule has 0 spiro atoms. The Kier molecular flexibility index (Phi) is 4.70. The molecular formula is C14H24N2O2. The van der Waals surface area contributed by atoms with E-state index in [-0.39, 0.29) is 5.41 Å². The lowest BCUT2D eigenvalue weighted by atomic mass is 9.90. The van der Waals surface area contributed by atoms with Crippen molar-refractivity contribution < 1.29 is 9.47 Å². The number of hydrogen-bond acceptors (Lipinski definition) is 4. The Bertz CT molecular complexity index is 403. The second-order valence-electron chi connectivity index (χ2n) is 5.17. The third-order valence-corrected chi connectivity index (χ3v) is 3.27. The summed E-state index contributed by atoms with van der Waals surface area (Å²) in [7, 11) is 3.22. The maximum atomic E-state index is 5.99. The molecule has 0 fully saturated rings. The van der Waals surface area contributed by atoms with Crippen molar-refractivity contribution in [2.45, 2.75) is 27.2 Å². The van der Waals surface area contributed by atoms with Crippen LogP contribution in [0.4, 0.5) is 11.4 Å². The van der Waals surface area contributed by atoms with E-state index in [2.05, 4.69) is 26.1 Å². The molecule has 3 N–H and O–H groups in total. The van der Waals surface area contributed by atoms with Crippen LogP contribution in [0.1, 0.15) is 27.2 Å². The maximum absolute atomic E-state index is 5.99. The first-order valence-electron chi connectivity index (χ1n) is 6.19. The lowest BCUT2D eigenvalue weighted by Gasteiger charge is -2.24. The number of nitrogens with two attached hydrogens (primary N) is 1. The van der Waals surface area contributed by atoms with E-state index in [1.807, 2.05) is 6.07 Å². The van der Waals surface area contributed by atoms with Crippen LogP contribution >= 0.6 is 0 Å². The molecule has 102 valence electrons. The van der Waals surface area contributed by atoms with Gasteiger partial charge in [0.25, 0.3) is 0 Å². The fourth-order valence-corrected chi connectivity index (χ4v) is 1.51. The first kappa shape index (κ1) is 14.5. The molecule has 0 atom stereocenters. The fourth-order valence-electron chi connectivity index (χ4n) is 1.51. The molecule has 18 heavy (non-hydrogen) atoms. The molecular weight excluding hydrogens is 228 g/mol. The van der Waals surface area contributed by atoms with Gasteiger partial charge < -0.3 is 20.5 Å². The molecule has 0 radical (unpaired) electrons. The van der Waals surface area contributed by atoms with E-state index in [4.69, 9.17) is 15.2 Å². The van der Waals surface area contributed by atoms with Crippen LogP contribution in [0.3, 0.4) is 0 Å². The van der Waals surface area contributed by atoms with Crippen LogP contribution < -0.4 is 20.5 Å². The average molecular weight is 252 g/mol. The monoisotopic (exact) mass is 252 g/mol. The highest BCUT2D eigenvalue weighted by molar-refractivity contribution is 5.72. The lowest BCUT2D eigenvalue weighted by molar-refractivity contribution is 0.355. The zero-order valence-corrected chi connectivity index (χ0v) is 12.0. The van der Waals surface area contributed by atoms with Crippen molar-refractivity contribution in [1.29, 1.82) is 0 Å². The summed E-state index contributed by atoms with van der Waals surface area (Å²) in [6, 6.07) is 3.65. The third-order valence-electron chi connectivity index (χ3n) is 3.27. The summed E-state index contributed by atoms with van der Waals surface area (Å²) >= 11 is 0. The normalized spacial score (nSPS) is 11.2. The third kappa shape index (κ3) is 3.45. The topological polar surface area (TPSA) is 56.5 Å². The highest BCUT2D eigenvalue weighted by Crippen LogP contribution is 2.35. The molecule has 0 heterocycles. The zero-order chi connectivity index (χ0) is 13.8. The Morgan fingerprint density at radius 1 is 1.17 bits per heavy atom. The Hall–Kier alpha value is -1.58. The smallest absolute Gasteiger partial charge is 0.162 e. The van der Waals surface area contributed by atoms with E-state index >= 15 is 0 Å². The molecule has 1 rings (SSSR count). The maximum Gasteiger partial charge on any atom is 0.162 e. The molecule has 0 aliphatic rings. The molecule has 4 heteroatoms. The molecule has 0 unspecified atom stereocenters. The summed E-state index contributed by atoms with van der Waals surface area (Å²) in [6.07, 6.45) is 1.10. The average Bonchev–Trinajstić information content (AvgIpc) is 2.36. The van der Waals surface area contributed by atoms with Crippen molar-refractivity contribution in [1.82, 2.24) is 0 Å². The van der Waals surface area contributed by atoms with Crippen molar-refractivity contribution in [3.63, 3.8) is 0 Å². The summed E-state index contributed by atoms with van der Waals surface area (Å²) in [5, 5.41) is 3.37. The summed E-state index contributed by atoms with van der Waals surface area (Å²) < 4.78 is 10.5. The van der Waals surface area contributed by atoms with Gasteiger partial charge in [-0.15, -0.1) is 0 Å². The molecule has 0 aliphatic heterocycles. The van der Waals surface area contributed by atoms with Crippen LogP contribution in [0, 0.1) is 5.41 Å². The van der Waals surface area contributed by atoms with E-state index in [1.54, 1.807) is 20.3 Å². The summed E-state index contributed by atoms with van der Waals surface area (Å²) in [5.41, 5.74) is 7.78. The van der Waals surface area contributed by atoms with Gasteiger partial charge in [-0.25, -0.2) is 0 Å². The number of nitrogen functional groups attached to an aromatic ring is 1. The SMILES string of the molecule is CCC(C)(C)CNc1cc(OC)c(OC)cc1N. The van der Waals surface area contributed by atoms with Gasteiger partial charge in [-0.3, -0.25) is 0 Å². The predicted octanol–water partition coefficient (Wildman–Crippen LogP) is 3.13. The Balaban J connectivity index is 2.89. The summed E-state index contributed by atoms with van der Waals surface area (Å²) in [4.78, 5) is 0. The second-order valence-corrected chi connectivity index (χ2v) is 5.17. The van der Waals surface area contributed by atoms with E-state index in [0.29, 0.717) is 17.2 Å². The number of hydrogen-bond donors (Lipinski definition) is 2. The van der Waals surface area contributed by atoms with Crippen LogP contribution in [-0.4, -0.2) is 20.8 Å². The van der Waals surface area contributed by atoms with Crippen molar-refractivity contribution in [2.24, 2.45) is 5.41 Å². The number of ether oxygens (including phenoxy) is 2. The number of rotatable bonds is 6. The standard InChI is InChI=1S/C14H24N2O2/c1-6-14(2,3)9-16-11-8-13(18-5)12(17-4)7-10(11)15/h7-8,16H,6,9,15H2,1-5H3. The Morgan fingerprint density at radius 2 is 1.72 bits per heavy atom. The second kappa shape index (κ2) is 5.85. The van der Waals surface area contributed by atoms with Gasteiger partial charge >= 0.3 is 0 Å². The van der Waals surface area contributed by atoms with Gasteiger partial charge in [0.05, 0.1) is 25.6 Å². The van der Waals surface area contributed by atoms with Gasteiger partial charge in [-0.1, -0.05) is 20.8 Å². The van der Waals surface area contributed by atoms with Gasteiger partial charge in [0.15, 0.2) is 11.5 Å². The van der Waals surface area contributed by atoms with Crippen molar-refractivity contribution in [3.8, 4) is 11.5 Å². The molecule has 0 aliphatic carbocycles. The molecule has 0 saturated heterocycles. The molecule has 0 aromatic heterocycles. The number of nitrogens with one attached hydrogen (secondary N) is 1. The van der Waals surface area contributed by atoms with Crippen molar-refractivity contribution >= 4 is 11.4 Å². The molecule has 4 nitrogen and oxygen atoms in total. The Morgan fingerprint density at radius 3 is 2.22 bits per heavy atom. The molecule has 1 aromatic carbocycles. The number of methoxy groups -OCH3 is 2. The predicted molar refractivity (Wildman–Crippen MR) is 76.5 cm³/mol. The van der Waals surface area contributed by atoms with Crippen LogP contribution in [0.15, 0.2) is 12.1 Å². The quantitative estimate of drug-likeness (QED) is 0.764. The van der Waals surface area contributed by atoms with E-state index in [0.717, 1.165) is 18.7 Å². The molecule has 0 saturated carbocycles. The van der Waals surface area contributed by atoms with Crippen LogP contribution in [0.5, 0.6) is 11.5 Å². The molecule has 0 amide bonds. The number of anilines is 2. The van der Waals surface area contributed by atoms with Crippen LogP contribution in [-0.2, 0) is 0 Å². The molecule has 1 aromatic rings. The minimum Gasteiger partial charge on any atom is -0.493 e. The van der Waals surface area contributed by atoms with Gasteiger partial charge in [0.1, 0.15) is 0 Å². The number of benzene rings is 1. The van der Waals surface area contributed by atoms with E-state index in [9.17, 15) is 0 Å². The van der Waals surface area contributed by atoms with Gasteiger partial charge in [-0.05, 0) is 11.8 Å². The zero-order valence-electron chi connectivity index (χ0n) is 12.0. The van der Waals surface area contributed by atoms with Crippen molar-refractivity contribution in [3.05, 3.63) is 12.1 Å². The van der Waals surface area contributed by atoms with E-state index in [1.165, 1.54) is 0 Å². The minimum absolute atomic E-state index is 0.236. The van der Waals surface area contributed by atoms with Gasteiger partial charge in [-0.2, -0.15) is 0 Å². The highest BCUT2D eigenvalue weighted by atomic mass is 16.5. The fraction of sp³-hybridized carbons (Fsp3) is 0.571. The first-order valence-corrected chi connectivity index (χ1v) is 6.19. The Labute approximate surface area is 109 Å².